The van der Waals surface area contributed by atoms with E-state index in [1.807, 2.05) is 29.6 Å². The lowest BCUT2D eigenvalue weighted by Crippen LogP contribution is -2.34. The first-order valence-electron chi connectivity index (χ1n) is 4.70. The zero-order chi connectivity index (χ0) is 12.3. The van der Waals surface area contributed by atoms with Gasteiger partial charge in [-0.2, -0.15) is 0 Å². The van der Waals surface area contributed by atoms with Crippen LogP contribution in [0, 0.1) is 0 Å². The molecule has 2 aromatic rings. The Hall–Kier alpha value is -2.15. The average Bonchev–Trinajstić information content (AvgIpc) is 2.70. The summed E-state index contributed by atoms with van der Waals surface area (Å²) >= 11 is 1.33. The molecule has 2 N–H and O–H groups in total. The third-order valence-corrected chi connectivity index (χ3v) is 2.87. The summed E-state index contributed by atoms with van der Waals surface area (Å²) in [6.45, 7) is 0. The quantitative estimate of drug-likeness (QED) is 0.814. The number of para-hydroxylation sites is 1. The molecule has 1 aromatic heterocycles. The number of benzene rings is 1. The smallest absolute Gasteiger partial charge is 0.415 e. The third kappa shape index (κ3) is 2.70. The van der Waals surface area contributed by atoms with Gasteiger partial charge in [0.15, 0.2) is 5.13 Å². The maximum Gasteiger partial charge on any atom is 0.415 e. The van der Waals surface area contributed by atoms with Crippen molar-refractivity contribution >= 4 is 38.8 Å². The number of fused-ring (bicyclic) bond motifs is 1. The van der Waals surface area contributed by atoms with E-state index >= 15 is 0 Å². The highest BCUT2D eigenvalue weighted by atomic mass is 32.1. The Labute approximate surface area is 101 Å². The number of imide groups is 1. The summed E-state index contributed by atoms with van der Waals surface area (Å²) in [4.78, 5) is 26.3. The van der Waals surface area contributed by atoms with Gasteiger partial charge in [0.25, 0.3) is 0 Å². The normalized spacial score (nSPS) is 9.94. The standard InChI is InChI=1S/C10H9N3O3S/c1-16-10(15)13-8(14)12-9-11-6-4-2-3-5-7(6)17-9/h2-5H,1H3,(H2,11,12,13,14,15). The van der Waals surface area contributed by atoms with E-state index in [1.54, 1.807) is 0 Å². The van der Waals surface area contributed by atoms with Crippen LogP contribution in [0.15, 0.2) is 24.3 Å². The minimum atomic E-state index is -0.816. The number of hydrogen-bond donors (Lipinski definition) is 2. The highest BCUT2D eigenvalue weighted by Gasteiger charge is 2.10. The molecule has 0 aliphatic heterocycles. The summed E-state index contributed by atoms with van der Waals surface area (Å²) in [5.41, 5.74) is 0.797. The van der Waals surface area contributed by atoms with Crippen LogP contribution in [0.3, 0.4) is 0 Å². The van der Waals surface area contributed by atoms with Gasteiger partial charge in [0.1, 0.15) is 0 Å². The van der Waals surface area contributed by atoms with E-state index in [2.05, 4.69) is 15.0 Å². The Balaban J connectivity index is 2.08. The topological polar surface area (TPSA) is 80.3 Å². The minimum Gasteiger partial charge on any atom is -0.453 e. The van der Waals surface area contributed by atoms with Crippen molar-refractivity contribution in [3.05, 3.63) is 24.3 Å². The van der Waals surface area contributed by atoms with E-state index in [4.69, 9.17) is 0 Å². The minimum absolute atomic E-state index is 0.424. The number of anilines is 1. The zero-order valence-electron chi connectivity index (χ0n) is 8.89. The van der Waals surface area contributed by atoms with Crippen molar-refractivity contribution in [1.82, 2.24) is 10.3 Å². The summed E-state index contributed by atoms with van der Waals surface area (Å²) in [7, 11) is 1.18. The molecule has 0 saturated carbocycles. The second-order valence-electron chi connectivity index (χ2n) is 3.06. The van der Waals surface area contributed by atoms with Gasteiger partial charge < -0.3 is 4.74 Å². The number of alkyl carbamates (subject to hydrolysis) is 1. The van der Waals surface area contributed by atoms with Gasteiger partial charge in [0, 0.05) is 0 Å². The molecule has 0 aliphatic carbocycles. The Bertz CT molecular complexity index is 534. The number of carbonyl (C=O) groups excluding carboxylic acids is 2. The van der Waals surface area contributed by atoms with E-state index < -0.39 is 12.1 Å². The third-order valence-electron chi connectivity index (χ3n) is 1.92. The Morgan fingerprint density at radius 1 is 1.35 bits per heavy atom. The highest BCUT2D eigenvalue weighted by Crippen LogP contribution is 2.25. The first-order chi connectivity index (χ1) is 8.19. The van der Waals surface area contributed by atoms with Crippen molar-refractivity contribution in [1.29, 1.82) is 0 Å². The molecular formula is C10H9N3O3S. The fraction of sp³-hybridized carbons (Fsp3) is 0.100. The van der Waals surface area contributed by atoms with E-state index in [0.717, 1.165) is 10.2 Å². The SMILES string of the molecule is COC(=O)NC(=O)Nc1nc2ccccc2s1. The van der Waals surface area contributed by atoms with Crippen LogP contribution >= 0.6 is 11.3 Å². The van der Waals surface area contributed by atoms with E-state index in [0.29, 0.717) is 5.13 Å². The molecule has 6 nitrogen and oxygen atoms in total. The van der Waals surface area contributed by atoms with Crippen LogP contribution in [0.4, 0.5) is 14.7 Å². The van der Waals surface area contributed by atoms with Gasteiger partial charge in [0.2, 0.25) is 0 Å². The summed E-state index contributed by atoms with van der Waals surface area (Å²) in [5.74, 6) is 0. The molecule has 0 spiro atoms. The van der Waals surface area contributed by atoms with Crippen molar-refractivity contribution in [3.8, 4) is 0 Å². The Morgan fingerprint density at radius 2 is 2.12 bits per heavy atom. The van der Waals surface area contributed by atoms with Gasteiger partial charge in [-0.25, -0.2) is 19.9 Å². The van der Waals surface area contributed by atoms with Gasteiger partial charge in [-0.15, -0.1) is 0 Å². The molecule has 0 radical (unpaired) electrons. The lowest BCUT2D eigenvalue weighted by molar-refractivity contribution is 0.172. The number of carbonyl (C=O) groups is 2. The largest absolute Gasteiger partial charge is 0.453 e. The van der Waals surface area contributed by atoms with E-state index in [1.165, 1.54) is 18.4 Å². The number of aromatic nitrogens is 1. The van der Waals surface area contributed by atoms with Crippen molar-refractivity contribution in [2.75, 3.05) is 12.4 Å². The molecule has 1 aromatic carbocycles. The number of rotatable bonds is 1. The fourth-order valence-corrected chi connectivity index (χ4v) is 2.06. The number of ether oxygens (including phenoxy) is 1. The first-order valence-corrected chi connectivity index (χ1v) is 5.52. The van der Waals surface area contributed by atoms with Crippen LogP contribution in [0.1, 0.15) is 0 Å². The number of amides is 3. The van der Waals surface area contributed by atoms with Crippen LogP contribution in [0.2, 0.25) is 0 Å². The molecule has 0 saturated heterocycles. The Morgan fingerprint density at radius 3 is 2.82 bits per heavy atom. The van der Waals surface area contributed by atoms with Crippen LogP contribution < -0.4 is 10.6 Å². The predicted molar refractivity (Wildman–Crippen MR) is 64.2 cm³/mol. The van der Waals surface area contributed by atoms with Gasteiger partial charge in [-0.1, -0.05) is 23.5 Å². The molecule has 2 rings (SSSR count). The van der Waals surface area contributed by atoms with Crippen molar-refractivity contribution < 1.29 is 14.3 Å². The lowest BCUT2D eigenvalue weighted by Gasteiger charge is -2.01. The second kappa shape index (κ2) is 4.79. The van der Waals surface area contributed by atoms with Crippen molar-refractivity contribution in [3.63, 3.8) is 0 Å². The van der Waals surface area contributed by atoms with Crippen molar-refractivity contribution in [2.24, 2.45) is 0 Å². The van der Waals surface area contributed by atoms with Crippen LogP contribution in [0.5, 0.6) is 0 Å². The Kier molecular flexibility index (Phi) is 3.20. The molecule has 17 heavy (non-hydrogen) atoms. The molecule has 0 aliphatic rings. The summed E-state index contributed by atoms with van der Waals surface area (Å²) in [6.07, 6.45) is -0.816. The molecular weight excluding hydrogens is 242 g/mol. The molecule has 3 amide bonds. The molecule has 0 fully saturated rings. The van der Waals surface area contributed by atoms with Gasteiger partial charge in [0.05, 0.1) is 17.3 Å². The maximum atomic E-state index is 11.3. The summed E-state index contributed by atoms with van der Waals surface area (Å²) in [6, 6.07) is 6.82. The molecule has 88 valence electrons. The van der Waals surface area contributed by atoms with Gasteiger partial charge in [-0.05, 0) is 12.1 Å². The van der Waals surface area contributed by atoms with Crippen LogP contribution in [-0.2, 0) is 4.74 Å². The highest BCUT2D eigenvalue weighted by molar-refractivity contribution is 7.22. The molecule has 7 heteroatoms. The van der Waals surface area contributed by atoms with E-state index in [9.17, 15) is 9.59 Å². The van der Waals surface area contributed by atoms with Gasteiger partial charge >= 0.3 is 12.1 Å². The zero-order valence-corrected chi connectivity index (χ0v) is 9.71. The van der Waals surface area contributed by atoms with Crippen molar-refractivity contribution in [2.45, 2.75) is 0 Å². The fourth-order valence-electron chi connectivity index (χ4n) is 1.20. The van der Waals surface area contributed by atoms with E-state index in [-0.39, 0.29) is 0 Å². The molecule has 0 unspecified atom stereocenters. The van der Waals surface area contributed by atoms with Crippen LogP contribution in [-0.4, -0.2) is 24.2 Å². The molecule has 0 bridgehead atoms. The molecule has 0 atom stereocenters. The van der Waals surface area contributed by atoms with Gasteiger partial charge in [-0.3, -0.25) is 5.32 Å². The average molecular weight is 251 g/mol. The van der Waals surface area contributed by atoms with Crippen LogP contribution in [0.25, 0.3) is 10.2 Å². The second-order valence-corrected chi connectivity index (χ2v) is 4.09. The monoisotopic (exact) mass is 251 g/mol. The number of methoxy groups -OCH3 is 1. The maximum absolute atomic E-state index is 11.3. The predicted octanol–water partition coefficient (Wildman–Crippen LogP) is 2.18. The number of nitrogens with zero attached hydrogens (tertiary/aromatic N) is 1. The number of nitrogens with one attached hydrogen (secondary N) is 2. The number of urea groups is 1. The summed E-state index contributed by atoms with van der Waals surface area (Å²) in [5, 5.41) is 4.85. The first kappa shape index (κ1) is 11.3. The number of hydrogen-bond acceptors (Lipinski definition) is 5. The lowest BCUT2D eigenvalue weighted by atomic mass is 10.3. The molecule has 1 heterocycles. The summed E-state index contributed by atoms with van der Waals surface area (Å²) < 4.78 is 5.25. The number of thiazole rings is 1.